The van der Waals surface area contributed by atoms with E-state index in [2.05, 4.69) is 0 Å². The Kier molecular flexibility index (Phi) is 4.25. The van der Waals surface area contributed by atoms with E-state index < -0.39 is 0 Å². The van der Waals surface area contributed by atoms with Crippen molar-refractivity contribution in [1.29, 1.82) is 0 Å². The minimum absolute atomic E-state index is 0.172. The molecule has 0 radical (unpaired) electrons. The highest BCUT2D eigenvalue weighted by molar-refractivity contribution is 5.91. The molecule has 0 aromatic heterocycles. The molecule has 0 heterocycles. The van der Waals surface area contributed by atoms with E-state index in [0.717, 1.165) is 5.56 Å². The van der Waals surface area contributed by atoms with Crippen LogP contribution >= 0.6 is 0 Å². The van der Waals surface area contributed by atoms with Gasteiger partial charge in [0.25, 0.3) is 0 Å². The Balaban J connectivity index is 2.37. The normalized spacial score (nSPS) is 10.1. The molecule has 0 unspecified atom stereocenters. The van der Waals surface area contributed by atoms with Crippen LogP contribution in [0, 0.1) is 0 Å². The molecule has 0 aliphatic rings. The zero-order valence-electron chi connectivity index (χ0n) is 11.4. The maximum absolute atomic E-state index is 11.7. The number of phenols is 1. The highest BCUT2D eigenvalue weighted by atomic mass is 16.5. The summed E-state index contributed by atoms with van der Waals surface area (Å²) in [4.78, 5) is 11.7. The number of phenolic OH excluding ortho intramolecular Hbond substituents is 1. The maximum atomic E-state index is 11.7. The van der Waals surface area contributed by atoms with Gasteiger partial charge in [-0.3, -0.25) is 0 Å². The van der Waals surface area contributed by atoms with E-state index >= 15 is 0 Å². The zero-order chi connectivity index (χ0) is 14.5. The molecule has 0 fully saturated rings. The molecule has 4 heteroatoms. The Morgan fingerprint density at radius 1 is 1.10 bits per heavy atom. The summed E-state index contributed by atoms with van der Waals surface area (Å²) in [6, 6.07) is 12.2. The van der Waals surface area contributed by atoms with E-state index in [1.165, 1.54) is 7.11 Å². The number of methoxy groups -OCH3 is 2. The molecule has 2 aromatic carbocycles. The summed E-state index contributed by atoms with van der Waals surface area (Å²) in [6.45, 7) is 0. The van der Waals surface area contributed by atoms with Crippen LogP contribution in [-0.4, -0.2) is 25.3 Å². The first-order chi connectivity index (χ1) is 9.65. The van der Waals surface area contributed by atoms with Crippen molar-refractivity contribution in [3.05, 3.63) is 59.2 Å². The molecule has 4 nitrogen and oxygen atoms in total. The fraction of sp³-hybridized carbons (Fsp3) is 0.188. The SMILES string of the molecule is COC(=O)c1ccccc1Cc1cc(OC)ccc1O. The summed E-state index contributed by atoms with van der Waals surface area (Å²) in [7, 11) is 2.92. The minimum atomic E-state index is -0.386. The van der Waals surface area contributed by atoms with Crippen LogP contribution in [0.15, 0.2) is 42.5 Å². The van der Waals surface area contributed by atoms with E-state index in [1.54, 1.807) is 37.4 Å². The first-order valence-corrected chi connectivity index (χ1v) is 6.17. The molecule has 0 aliphatic carbocycles. The van der Waals surface area contributed by atoms with Gasteiger partial charge in [0.1, 0.15) is 11.5 Å². The number of carbonyl (C=O) groups is 1. The molecule has 2 rings (SSSR count). The van der Waals surface area contributed by atoms with Gasteiger partial charge in [-0.25, -0.2) is 4.79 Å². The molecule has 0 spiro atoms. The summed E-state index contributed by atoms with van der Waals surface area (Å²) in [5.41, 5.74) is 1.99. The Bertz CT molecular complexity index is 620. The smallest absolute Gasteiger partial charge is 0.338 e. The molecule has 0 atom stereocenters. The van der Waals surface area contributed by atoms with Gasteiger partial charge in [0.05, 0.1) is 19.8 Å². The summed E-state index contributed by atoms with van der Waals surface area (Å²) in [5.74, 6) is 0.446. The summed E-state index contributed by atoms with van der Waals surface area (Å²) in [6.07, 6.45) is 0.425. The molecule has 0 aliphatic heterocycles. The van der Waals surface area contributed by atoms with Crippen molar-refractivity contribution in [3.8, 4) is 11.5 Å². The number of benzene rings is 2. The van der Waals surface area contributed by atoms with Gasteiger partial charge < -0.3 is 14.6 Å². The molecule has 0 bridgehead atoms. The van der Waals surface area contributed by atoms with E-state index in [4.69, 9.17) is 9.47 Å². The number of hydrogen-bond donors (Lipinski definition) is 1. The molecule has 1 N–H and O–H groups in total. The van der Waals surface area contributed by atoms with Crippen LogP contribution in [0.1, 0.15) is 21.5 Å². The fourth-order valence-corrected chi connectivity index (χ4v) is 2.02. The highest BCUT2D eigenvalue weighted by Gasteiger charge is 2.13. The predicted molar refractivity (Wildman–Crippen MR) is 75.2 cm³/mol. The third-order valence-corrected chi connectivity index (χ3v) is 3.09. The second kappa shape index (κ2) is 6.10. The lowest BCUT2D eigenvalue weighted by Gasteiger charge is -2.10. The standard InChI is InChI=1S/C16H16O4/c1-19-13-7-8-15(17)12(10-13)9-11-5-3-4-6-14(11)16(18)20-2/h3-8,10,17H,9H2,1-2H3. The van der Waals surface area contributed by atoms with Crippen LogP contribution in [0.3, 0.4) is 0 Å². The van der Waals surface area contributed by atoms with Crippen molar-refractivity contribution in [2.45, 2.75) is 6.42 Å². The molecular formula is C16H16O4. The van der Waals surface area contributed by atoms with Crippen LogP contribution in [0.5, 0.6) is 11.5 Å². The Morgan fingerprint density at radius 3 is 2.55 bits per heavy atom. The molecule has 104 valence electrons. The Hall–Kier alpha value is -2.49. The van der Waals surface area contributed by atoms with E-state index in [1.807, 2.05) is 12.1 Å². The lowest BCUT2D eigenvalue weighted by atomic mass is 9.99. The highest BCUT2D eigenvalue weighted by Crippen LogP contribution is 2.26. The maximum Gasteiger partial charge on any atom is 0.338 e. The van der Waals surface area contributed by atoms with E-state index in [-0.39, 0.29) is 11.7 Å². The third kappa shape index (κ3) is 2.91. The van der Waals surface area contributed by atoms with Crippen molar-refractivity contribution >= 4 is 5.97 Å². The van der Waals surface area contributed by atoms with Gasteiger partial charge in [0.2, 0.25) is 0 Å². The van der Waals surface area contributed by atoms with Crippen LogP contribution in [0.25, 0.3) is 0 Å². The molecule has 0 saturated carbocycles. The van der Waals surface area contributed by atoms with Crippen molar-refractivity contribution in [2.24, 2.45) is 0 Å². The van der Waals surface area contributed by atoms with Crippen LogP contribution < -0.4 is 4.74 Å². The minimum Gasteiger partial charge on any atom is -0.508 e. The van der Waals surface area contributed by atoms with Gasteiger partial charge in [-0.2, -0.15) is 0 Å². The molecule has 20 heavy (non-hydrogen) atoms. The predicted octanol–water partition coefficient (Wildman–Crippen LogP) is 2.78. The van der Waals surface area contributed by atoms with Crippen LogP contribution in [-0.2, 0) is 11.2 Å². The molecular weight excluding hydrogens is 256 g/mol. The monoisotopic (exact) mass is 272 g/mol. The lowest BCUT2D eigenvalue weighted by Crippen LogP contribution is -2.06. The third-order valence-electron chi connectivity index (χ3n) is 3.09. The van der Waals surface area contributed by atoms with Crippen molar-refractivity contribution in [2.75, 3.05) is 14.2 Å². The Labute approximate surface area is 117 Å². The summed E-state index contributed by atoms with van der Waals surface area (Å²) >= 11 is 0. The first kappa shape index (κ1) is 13.9. The number of hydrogen-bond acceptors (Lipinski definition) is 4. The van der Waals surface area contributed by atoms with Gasteiger partial charge in [0, 0.05) is 12.0 Å². The Morgan fingerprint density at radius 2 is 1.85 bits per heavy atom. The van der Waals surface area contributed by atoms with Crippen LogP contribution in [0.4, 0.5) is 0 Å². The van der Waals surface area contributed by atoms with Gasteiger partial charge in [-0.1, -0.05) is 18.2 Å². The number of carbonyl (C=O) groups excluding carboxylic acids is 1. The molecule has 0 amide bonds. The van der Waals surface area contributed by atoms with Crippen molar-refractivity contribution in [3.63, 3.8) is 0 Å². The lowest BCUT2D eigenvalue weighted by molar-refractivity contribution is 0.0599. The summed E-state index contributed by atoms with van der Waals surface area (Å²) in [5, 5.41) is 9.91. The van der Waals surface area contributed by atoms with Crippen LogP contribution in [0.2, 0.25) is 0 Å². The quantitative estimate of drug-likeness (QED) is 0.869. The molecule has 2 aromatic rings. The number of aromatic hydroxyl groups is 1. The number of esters is 1. The first-order valence-electron chi connectivity index (χ1n) is 6.17. The van der Waals surface area contributed by atoms with Crippen molar-refractivity contribution in [1.82, 2.24) is 0 Å². The zero-order valence-corrected chi connectivity index (χ0v) is 11.4. The topological polar surface area (TPSA) is 55.8 Å². The molecule has 0 saturated heterocycles. The number of rotatable bonds is 4. The average Bonchev–Trinajstić information content (AvgIpc) is 2.49. The number of ether oxygens (including phenoxy) is 2. The second-order valence-corrected chi connectivity index (χ2v) is 4.32. The van der Waals surface area contributed by atoms with Crippen molar-refractivity contribution < 1.29 is 19.4 Å². The average molecular weight is 272 g/mol. The largest absolute Gasteiger partial charge is 0.508 e. The fourth-order valence-electron chi connectivity index (χ4n) is 2.02. The van der Waals surface area contributed by atoms with Gasteiger partial charge in [-0.15, -0.1) is 0 Å². The van der Waals surface area contributed by atoms with Gasteiger partial charge >= 0.3 is 5.97 Å². The summed E-state index contributed by atoms with van der Waals surface area (Å²) < 4.78 is 9.91. The van der Waals surface area contributed by atoms with E-state index in [9.17, 15) is 9.90 Å². The van der Waals surface area contributed by atoms with Gasteiger partial charge in [0.15, 0.2) is 0 Å². The van der Waals surface area contributed by atoms with E-state index in [0.29, 0.717) is 23.3 Å². The second-order valence-electron chi connectivity index (χ2n) is 4.32. The van der Waals surface area contributed by atoms with Gasteiger partial charge in [-0.05, 0) is 29.8 Å².